The number of benzene rings is 2. The summed E-state index contributed by atoms with van der Waals surface area (Å²) in [5, 5.41) is 3.78. The van der Waals surface area contributed by atoms with E-state index in [9.17, 15) is 9.59 Å². The minimum atomic E-state index is -0.433. The quantitative estimate of drug-likeness (QED) is 0.799. The van der Waals surface area contributed by atoms with Crippen LogP contribution in [0.25, 0.3) is 0 Å². The molecular weight excluding hydrogens is 387 g/mol. The van der Waals surface area contributed by atoms with E-state index in [1.807, 2.05) is 12.1 Å². The van der Waals surface area contributed by atoms with Crippen molar-refractivity contribution in [1.82, 2.24) is 4.90 Å². The van der Waals surface area contributed by atoms with Crippen LogP contribution in [0.15, 0.2) is 42.5 Å². The molecule has 1 heterocycles. The standard InChI is InChI=1S/C19H20Cl2N4O2/c20-14-3-6-16(21)17(11-14)23-18(26)12-24-7-9-25(10-8-24)15-4-1-13(2-5-15)19(22)27/h1-6,11H,7-10,12H2,(H2,22,27)(H,23,26). The van der Waals surface area contributed by atoms with Gasteiger partial charge in [0.25, 0.3) is 0 Å². The van der Waals surface area contributed by atoms with Crippen molar-refractivity contribution >= 4 is 46.4 Å². The van der Waals surface area contributed by atoms with Crippen LogP contribution in [0.3, 0.4) is 0 Å². The largest absolute Gasteiger partial charge is 0.369 e. The SMILES string of the molecule is NC(=O)c1ccc(N2CCN(CC(=O)Nc3cc(Cl)ccc3Cl)CC2)cc1. The Labute approximate surface area is 167 Å². The molecule has 27 heavy (non-hydrogen) atoms. The molecule has 142 valence electrons. The van der Waals surface area contributed by atoms with E-state index in [2.05, 4.69) is 15.1 Å². The van der Waals surface area contributed by atoms with Gasteiger partial charge in [-0.1, -0.05) is 23.2 Å². The lowest BCUT2D eigenvalue weighted by Gasteiger charge is -2.35. The van der Waals surface area contributed by atoms with Gasteiger partial charge in [0.1, 0.15) is 0 Å². The maximum absolute atomic E-state index is 12.3. The molecule has 2 amide bonds. The zero-order valence-corrected chi connectivity index (χ0v) is 16.1. The number of halogens is 2. The van der Waals surface area contributed by atoms with Crippen LogP contribution >= 0.6 is 23.2 Å². The van der Waals surface area contributed by atoms with Gasteiger partial charge in [-0.3, -0.25) is 14.5 Å². The highest BCUT2D eigenvalue weighted by Gasteiger charge is 2.20. The van der Waals surface area contributed by atoms with E-state index in [1.165, 1.54) is 0 Å². The number of piperazine rings is 1. The van der Waals surface area contributed by atoms with Crippen molar-refractivity contribution in [1.29, 1.82) is 0 Å². The molecule has 3 N–H and O–H groups in total. The van der Waals surface area contributed by atoms with Crippen LogP contribution in [0.2, 0.25) is 10.0 Å². The van der Waals surface area contributed by atoms with Gasteiger partial charge >= 0.3 is 0 Å². The first-order valence-electron chi connectivity index (χ1n) is 8.54. The highest BCUT2D eigenvalue weighted by Crippen LogP contribution is 2.25. The third-order valence-electron chi connectivity index (χ3n) is 4.46. The fourth-order valence-electron chi connectivity index (χ4n) is 2.99. The second-order valence-electron chi connectivity index (χ2n) is 6.35. The third-order valence-corrected chi connectivity index (χ3v) is 5.02. The number of nitrogens with zero attached hydrogens (tertiary/aromatic N) is 2. The number of hydrogen-bond donors (Lipinski definition) is 2. The lowest BCUT2D eigenvalue weighted by Crippen LogP contribution is -2.48. The third kappa shape index (κ3) is 5.13. The van der Waals surface area contributed by atoms with Crippen molar-refractivity contribution in [3.63, 3.8) is 0 Å². The van der Waals surface area contributed by atoms with Crippen LogP contribution in [0.4, 0.5) is 11.4 Å². The summed E-state index contributed by atoms with van der Waals surface area (Å²) in [7, 11) is 0. The van der Waals surface area contributed by atoms with Crippen molar-refractivity contribution in [2.75, 3.05) is 42.9 Å². The number of anilines is 2. The number of amides is 2. The van der Waals surface area contributed by atoms with E-state index >= 15 is 0 Å². The van der Waals surface area contributed by atoms with Gasteiger partial charge in [-0.25, -0.2) is 0 Å². The van der Waals surface area contributed by atoms with E-state index in [1.54, 1.807) is 30.3 Å². The summed E-state index contributed by atoms with van der Waals surface area (Å²) in [5.41, 5.74) is 7.31. The Hall–Kier alpha value is -2.28. The van der Waals surface area contributed by atoms with Gasteiger partial charge in [-0.2, -0.15) is 0 Å². The minimum Gasteiger partial charge on any atom is -0.369 e. The Balaban J connectivity index is 1.51. The van der Waals surface area contributed by atoms with E-state index in [0.717, 1.165) is 31.9 Å². The predicted molar refractivity (Wildman–Crippen MR) is 109 cm³/mol. The summed E-state index contributed by atoms with van der Waals surface area (Å²) in [5.74, 6) is -0.560. The number of carbonyl (C=O) groups is 2. The molecule has 0 radical (unpaired) electrons. The molecule has 0 atom stereocenters. The Bertz CT molecular complexity index is 834. The maximum Gasteiger partial charge on any atom is 0.248 e. The molecule has 1 fully saturated rings. The molecule has 2 aromatic rings. The normalized spacial score (nSPS) is 14.8. The van der Waals surface area contributed by atoms with Gasteiger partial charge in [0.05, 0.1) is 17.3 Å². The number of hydrogen-bond acceptors (Lipinski definition) is 4. The first kappa shape index (κ1) is 19.5. The lowest BCUT2D eigenvalue weighted by molar-refractivity contribution is -0.117. The Morgan fingerprint density at radius 2 is 1.67 bits per heavy atom. The van der Waals surface area contributed by atoms with Crippen LogP contribution in [0, 0.1) is 0 Å². The summed E-state index contributed by atoms with van der Waals surface area (Å²) < 4.78 is 0. The summed E-state index contributed by atoms with van der Waals surface area (Å²) in [6.45, 7) is 3.39. The summed E-state index contributed by atoms with van der Waals surface area (Å²) >= 11 is 12.0. The molecule has 0 aliphatic carbocycles. The van der Waals surface area contributed by atoms with E-state index in [-0.39, 0.29) is 12.5 Å². The molecule has 0 bridgehead atoms. The second kappa shape index (κ2) is 8.61. The maximum atomic E-state index is 12.3. The van der Waals surface area contributed by atoms with Crippen LogP contribution in [0.5, 0.6) is 0 Å². The number of carbonyl (C=O) groups excluding carboxylic acids is 2. The topological polar surface area (TPSA) is 78.7 Å². The van der Waals surface area contributed by atoms with E-state index in [4.69, 9.17) is 28.9 Å². The average molecular weight is 407 g/mol. The van der Waals surface area contributed by atoms with Crippen LogP contribution in [-0.4, -0.2) is 49.4 Å². The molecule has 0 saturated carbocycles. The molecule has 1 saturated heterocycles. The lowest BCUT2D eigenvalue weighted by atomic mass is 10.1. The van der Waals surface area contributed by atoms with Gasteiger partial charge in [-0.15, -0.1) is 0 Å². The van der Waals surface area contributed by atoms with Crippen LogP contribution < -0.4 is 16.0 Å². The highest BCUT2D eigenvalue weighted by molar-refractivity contribution is 6.35. The molecule has 0 spiro atoms. The van der Waals surface area contributed by atoms with Gasteiger partial charge in [-0.05, 0) is 42.5 Å². The van der Waals surface area contributed by atoms with Gasteiger partial charge in [0.15, 0.2) is 0 Å². The summed E-state index contributed by atoms with van der Waals surface area (Å²) in [4.78, 5) is 27.7. The van der Waals surface area contributed by atoms with Crippen molar-refractivity contribution in [3.8, 4) is 0 Å². The van der Waals surface area contributed by atoms with Crippen LogP contribution in [-0.2, 0) is 4.79 Å². The molecule has 0 unspecified atom stereocenters. The van der Waals surface area contributed by atoms with Crippen molar-refractivity contribution < 1.29 is 9.59 Å². The summed E-state index contributed by atoms with van der Waals surface area (Å²) in [6.07, 6.45) is 0. The molecular formula is C19H20Cl2N4O2. The second-order valence-corrected chi connectivity index (χ2v) is 7.19. The average Bonchev–Trinajstić information content (AvgIpc) is 2.65. The van der Waals surface area contributed by atoms with Crippen molar-refractivity contribution in [2.45, 2.75) is 0 Å². The number of nitrogens with one attached hydrogen (secondary N) is 1. The molecule has 0 aromatic heterocycles. The molecule has 1 aliphatic rings. The smallest absolute Gasteiger partial charge is 0.248 e. The fourth-order valence-corrected chi connectivity index (χ4v) is 3.32. The van der Waals surface area contributed by atoms with E-state index in [0.29, 0.717) is 21.3 Å². The van der Waals surface area contributed by atoms with Crippen molar-refractivity contribution in [2.24, 2.45) is 5.73 Å². The number of nitrogens with two attached hydrogens (primary N) is 1. The molecule has 2 aromatic carbocycles. The zero-order chi connectivity index (χ0) is 19.4. The zero-order valence-electron chi connectivity index (χ0n) is 14.6. The van der Waals surface area contributed by atoms with Gasteiger partial charge in [0.2, 0.25) is 11.8 Å². The Kier molecular flexibility index (Phi) is 6.21. The van der Waals surface area contributed by atoms with Crippen molar-refractivity contribution in [3.05, 3.63) is 58.1 Å². The first-order chi connectivity index (χ1) is 12.9. The van der Waals surface area contributed by atoms with Gasteiger partial charge in [0, 0.05) is 42.5 Å². The first-order valence-corrected chi connectivity index (χ1v) is 9.30. The van der Waals surface area contributed by atoms with Gasteiger partial charge < -0.3 is 16.0 Å². The number of primary amides is 1. The number of rotatable bonds is 5. The molecule has 6 nitrogen and oxygen atoms in total. The highest BCUT2D eigenvalue weighted by atomic mass is 35.5. The Morgan fingerprint density at radius 1 is 1.00 bits per heavy atom. The summed E-state index contributed by atoms with van der Waals surface area (Å²) in [6, 6.07) is 12.2. The predicted octanol–water partition coefficient (Wildman–Crippen LogP) is 2.85. The van der Waals surface area contributed by atoms with Crippen LogP contribution in [0.1, 0.15) is 10.4 Å². The molecule has 3 rings (SSSR count). The minimum absolute atomic E-state index is 0.126. The van der Waals surface area contributed by atoms with E-state index < -0.39 is 5.91 Å². The Morgan fingerprint density at radius 3 is 2.30 bits per heavy atom. The molecule has 1 aliphatic heterocycles. The monoisotopic (exact) mass is 406 g/mol. The fraction of sp³-hybridized carbons (Fsp3) is 0.263. The molecule has 8 heteroatoms.